The molecule has 0 aliphatic carbocycles. The maximum absolute atomic E-state index is 15.6. The molecule has 0 spiro atoms. The lowest BCUT2D eigenvalue weighted by molar-refractivity contribution is 0.0697. The van der Waals surface area contributed by atoms with E-state index in [1.54, 1.807) is 24.3 Å². The van der Waals surface area contributed by atoms with Crippen molar-refractivity contribution in [1.82, 2.24) is 19.5 Å². The zero-order valence-corrected chi connectivity index (χ0v) is 23.4. The number of aromatic nitrogens is 4. The van der Waals surface area contributed by atoms with Crippen LogP contribution in [0.15, 0.2) is 66.9 Å². The first-order valence-electron chi connectivity index (χ1n) is 13.6. The second-order valence-electron chi connectivity index (χ2n) is 11.2. The molecule has 0 saturated carbocycles. The van der Waals surface area contributed by atoms with E-state index in [1.807, 2.05) is 18.4 Å². The van der Waals surface area contributed by atoms with E-state index >= 15 is 8.78 Å². The Balaban J connectivity index is 1.32. The molecule has 2 aromatic heterocycles. The number of carboxylic acids is 1. The van der Waals surface area contributed by atoms with Gasteiger partial charge in [0.2, 0.25) is 0 Å². The van der Waals surface area contributed by atoms with E-state index in [0.29, 0.717) is 35.6 Å². The highest BCUT2D eigenvalue weighted by Crippen LogP contribution is 2.40. The van der Waals surface area contributed by atoms with E-state index in [2.05, 4.69) is 9.97 Å². The summed E-state index contributed by atoms with van der Waals surface area (Å²) in [6, 6.07) is 13.8. The topological polar surface area (TPSA) is 99.4 Å². The van der Waals surface area contributed by atoms with Crippen LogP contribution in [0, 0.1) is 22.9 Å². The third-order valence-corrected chi connectivity index (χ3v) is 7.65. The molecule has 1 atom stereocenters. The van der Waals surface area contributed by atoms with Gasteiger partial charge in [0.1, 0.15) is 29.9 Å². The second-order valence-corrected chi connectivity index (χ2v) is 11.2. The SMILES string of the molecule is CC1(C)COC[C@H]1n1c(Cc2cc(F)c(-c3ccnc(OCc4ccc(F)cc4)n3)cc2F)nc2ccc(C(=O)O)cc21. The number of carboxylic acid groups (broad SMARTS) is 1. The van der Waals surface area contributed by atoms with E-state index in [0.717, 1.165) is 12.1 Å². The summed E-state index contributed by atoms with van der Waals surface area (Å²) in [5.41, 5.74) is 1.76. The number of imidazole rings is 1. The Morgan fingerprint density at radius 2 is 1.84 bits per heavy atom. The largest absolute Gasteiger partial charge is 0.478 e. The molecule has 0 amide bonds. The van der Waals surface area contributed by atoms with Crippen molar-refractivity contribution >= 4 is 17.0 Å². The Morgan fingerprint density at radius 3 is 2.56 bits per heavy atom. The molecule has 1 aliphatic rings. The van der Waals surface area contributed by atoms with E-state index < -0.39 is 17.6 Å². The first kappa shape index (κ1) is 28.4. The Morgan fingerprint density at radius 1 is 1.05 bits per heavy atom. The van der Waals surface area contributed by atoms with Crippen molar-refractivity contribution in [3.63, 3.8) is 0 Å². The van der Waals surface area contributed by atoms with Crippen molar-refractivity contribution < 1.29 is 32.5 Å². The normalized spacial score (nSPS) is 16.1. The quantitative estimate of drug-likeness (QED) is 0.225. The molecule has 3 heterocycles. The maximum atomic E-state index is 15.6. The van der Waals surface area contributed by atoms with Crippen molar-refractivity contribution in [2.24, 2.45) is 5.41 Å². The molecule has 8 nitrogen and oxygen atoms in total. The van der Waals surface area contributed by atoms with Crippen molar-refractivity contribution in [2.75, 3.05) is 13.2 Å². The fraction of sp³-hybridized carbons (Fsp3) is 0.250. The highest BCUT2D eigenvalue weighted by Gasteiger charge is 2.39. The van der Waals surface area contributed by atoms with E-state index in [-0.39, 0.29) is 58.7 Å². The van der Waals surface area contributed by atoms with Crippen LogP contribution in [0.25, 0.3) is 22.3 Å². The summed E-state index contributed by atoms with van der Waals surface area (Å²) in [6.45, 7) is 5.00. The van der Waals surface area contributed by atoms with Crippen LogP contribution >= 0.6 is 0 Å². The fourth-order valence-electron chi connectivity index (χ4n) is 5.31. The molecule has 43 heavy (non-hydrogen) atoms. The van der Waals surface area contributed by atoms with Gasteiger partial charge in [-0.25, -0.2) is 27.9 Å². The van der Waals surface area contributed by atoms with E-state index in [1.165, 1.54) is 30.5 Å². The van der Waals surface area contributed by atoms with Gasteiger partial charge in [0.05, 0.1) is 41.5 Å². The summed E-state index contributed by atoms with van der Waals surface area (Å²) in [6.07, 6.45) is 1.34. The zero-order chi connectivity index (χ0) is 30.3. The third kappa shape index (κ3) is 5.68. The molecule has 1 fully saturated rings. The molecule has 1 N–H and O–H groups in total. The van der Waals surface area contributed by atoms with Gasteiger partial charge < -0.3 is 19.1 Å². The lowest BCUT2D eigenvalue weighted by atomic mass is 9.87. The van der Waals surface area contributed by atoms with Crippen LogP contribution in [0.1, 0.15) is 47.2 Å². The van der Waals surface area contributed by atoms with E-state index in [9.17, 15) is 14.3 Å². The minimum Gasteiger partial charge on any atom is -0.478 e. The molecule has 3 aromatic carbocycles. The molecule has 1 saturated heterocycles. The molecular formula is C32H27F3N4O4. The predicted octanol–water partition coefficient (Wildman–Crippen LogP) is 6.38. The number of fused-ring (bicyclic) bond motifs is 1. The van der Waals surface area contributed by atoms with Gasteiger partial charge in [-0.3, -0.25) is 0 Å². The molecule has 0 bridgehead atoms. The standard InChI is InChI=1S/C32H27F3N4O4/c1-32(2)17-42-16-28(32)39-27-12-19(30(40)41)5-8-26(27)37-29(39)13-20-11-24(35)22(14-23(20)34)25-9-10-36-31(38-25)43-15-18-3-6-21(33)7-4-18/h3-12,14,28H,13,15-17H2,1-2H3,(H,40,41)/t28-/m1/s1. The van der Waals surface area contributed by atoms with Crippen LogP contribution < -0.4 is 4.74 Å². The fourth-order valence-corrected chi connectivity index (χ4v) is 5.31. The Hall–Kier alpha value is -4.77. The Bertz CT molecular complexity index is 1840. The summed E-state index contributed by atoms with van der Waals surface area (Å²) in [5, 5.41) is 9.57. The second kappa shape index (κ2) is 11.1. The molecule has 1 aliphatic heterocycles. The smallest absolute Gasteiger partial charge is 0.335 e. The summed E-state index contributed by atoms with van der Waals surface area (Å²) in [7, 11) is 0. The maximum Gasteiger partial charge on any atom is 0.335 e. The van der Waals surface area contributed by atoms with Gasteiger partial charge in [-0.15, -0.1) is 0 Å². The number of ether oxygens (including phenoxy) is 2. The van der Waals surface area contributed by atoms with E-state index in [4.69, 9.17) is 14.5 Å². The first-order valence-corrected chi connectivity index (χ1v) is 13.6. The van der Waals surface area contributed by atoms with Gasteiger partial charge >= 0.3 is 12.0 Å². The molecular weight excluding hydrogens is 561 g/mol. The Labute approximate surface area is 244 Å². The van der Waals surface area contributed by atoms with Gasteiger partial charge in [0.15, 0.2) is 0 Å². The summed E-state index contributed by atoms with van der Waals surface area (Å²) < 4.78 is 57.5. The minimum absolute atomic E-state index is 0.0392. The number of halogens is 3. The van der Waals surface area contributed by atoms with Crippen LogP contribution in [-0.2, 0) is 17.8 Å². The van der Waals surface area contributed by atoms with Crippen molar-refractivity contribution in [1.29, 1.82) is 0 Å². The number of aromatic carboxylic acids is 1. The number of hydrogen-bond acceptors (Lipinski definition) is 6. The molecule has 6 rings (SSSR count). The van der Waals surface area contributed by atoms with Crippen LogP contribution in [0.4, 0.5) is 13.2 Å². The number of carbonyl (C=O) groups is 1. The number of benzene rings is 3. The Kier molecular flexibility index (Phi) is 7.35. The van der Waals surface area contributed by atoms with Crippen molar-refractivity contribution in [3.05, 3.63) is 107 Å². The number of hydrogen-bond donors (Lipinski definition) is 1. The van der Waals surface area contributed by atoms with Crippen LogP contribution in [0.2, 0.25) is 0 Å². The molecule has 11 heteroatoms. The van der Waals surface area contributed by atoms with Gasteiger partial charge in [0.25, 0.3) is 0 Å². The third-order valence-electron chi connectivity index (χ3n) is 7.65. The summed E-state index contributed by atoms with van der Waals surface area (Å²) >= 11 is 0. The van der Waals surface area contributed by atoms with Crippen molar-refractivity contribution in [3.8, 4) is 17.3 Å². The number of rotatable bonds is 8. The van der Waals surface area contributed by atoms with Gasteiger partial charge in [-0.2, -0.15) is 4.98 Å². The summed E-state index contributed by atoms with van der Waals surface area (Å²) in [5.74, 6) is -2.33. The molecule has 5 aromatic rings. The molecule has 0 unspecified atom stereocenters. The van der Waals surface area contributed by atoms with Crippen LogP contribution in [0.5, 0.6) is 6.01 Å². The predicted molar refractivity (Wildman–Crippen MR) is 151 cm³/mol. The molecule has 220 valence electrons. The highest BCUT2D eigenvalue weighted by molar-refractivity contribution is 5.92. The average Bonchev–Trinajstić information content (AvgIpc) is 3.51. The van der Waals surface area contributed by atoms with Gasteiger partial charge in [-0.05, 0) is 59.7 Å². The van der Waals surface area contributed by atoms with Crippen molar-refractivity contribution in [2.45, 2.75) is 32.9 Å². The van der Waals surface area contributed by atoms with Crippen LogP contribution in [-0.4, -0.2) is 43.8 Å². The highest BCUT2D eigenvalue weighted by atomic mass is 19.1. The minimum atomic E-state index is -1.07. The van der Waals surface area contributed by atoms with Gasteiger partial charge in [-0.1, -0.05) is 26.0 Å². The zero-order valence-electron chi connectivity index (χ0n) is 23.4. The lowest BCUT2D eigenvalue weighted by Gasteiger charge is -2.28. The molecule has 0 radical (unpaired) electrons. The van der Waals surface area contributed by atoms with Crippen LogP contribution in [0.3, 0.4) is 0 Å². The van der Waals surface area contributed by atoms with Gasteiger partial charge in [0, 0.05) is 23.6 Å². The monoisotopic (exact) mass is 588 g/mol. The first-order chi connectivity index (χ1) is 20.6. The number of nitrogens with zero attached hydrogens (tertiary/aromatic N) is 4. The lowest BCUT2D eigenvalue weighted by Crippen LogP contribution is -2.27. The summed E-state index contributed by atoms with van der Waals surface area (Å²) in [4.78, 5) is 24.7. The average molecular weight is 589 g/mol.